The minimum absolute atomic E-state index is 0.547. The number of anilines is 2. The predicted octanol–water partition coefficient (Wildman–Crippen LogP) is 4.22. The van der Waals surface area contributed by atoms with Crippen molar-refractivity contribution in [1.29, 1.82) is 0 Å². The molecule has 2 aromatic carbocycles. The first-order chi connectivity index (χ1) is 9.51. The summed E-state index contributed by atoms with van der Waals surface area (Å²) in [7, 11) is 3.59. The van der Waals surface area contributed by atoms with E-state index in [4.69, 9.17) is 33.7 Å². The Morgan fingerprint density at radius 3 is 2.15 bits per heavy atom. The van der Waals surface area contributed by atoms with E-state index >= 15 is 0 Å². The van der Waals surface area contributed by atoms with Crippen LogP contribution in [-0.2, 0) is 6.54 Å². The van der Waals surface area contributed by atoms with E-state index in [0.717, 1.165) is 17.0 Å². The van der Waals surface area contributed by atoms with Gasteiger partial charge in [-0.3, -0.25) is 0 Å². The Balaban J connectivity index is 2.21. The van der Waals surface area contributed by atoms with E-state index in [2.05, 4.69) is 0 Å². The third kappa shape index (κ3) is 3.30. The molecule has 0 fully saturated rings. The van der Waals surface area contributed by atoms with Crippen LogP contribution in [0, 0.1) is 0 Å². The molecule has 3 nitrogen and oxygen atoms in total. The lowest BCUT2D eigenvalue weighted by Crippen LogP contribution is -2.17. The van der Waals surface area contributed by atoms with Crippen LogP contribution in [0.5, 0.6) is 5.75 Å². The molecule has 0 aromatic heterocycles. The van der Waals surface area contributed by atoms with E-state index < -0.39 is 0 Å². The summed E-state index contributed by atoms with van der Waals surface area (Å²) in [5, 5.41) is 1.09. The van der Waals surface area contributed by atoms with Crippen molar-refractivity contribution < 1.29 is 4.74 Å². The van der Waals surface area contributed by atoms with Crippen molar-refractivity contribution in [3.63, 3.8) is 0 Å². The lowest BCUT2D eigenvalue weighted by atomic mass is 10.2. The third-order valence-electron chi connectivity index (χ3n) is 3.00. The zero-order valence-corrected chi connectivity index (χ0v) is 12.9. The van der Waals surface area contributed by atoms with E-state index in [-0.39, 0.29) is 0 Å². The third-order valence-corrected chi connectivity index (χ3v) is 3.58. The Hall–Kier alpha value is -1.58. The van der Waals surface area contributed by atoms with Gasteiger partial charge >= 0.3 is 0 Å². The smallest absolute Gasteiger partial charge is 0.118 e. The molecule has 0 aliphatic heterocycles. The maximum absolute atomic E-state index is 6.22. The van der Waals surface area contributed by atoms with Crippen LogP contribution in [0.4, 0.5) is 11.4 Å². The number of methoxy groups -OCH3 is 1. The molecule has 0 aliphatic carbocycles. The summed E-state index contributed by atoms with van der Waals surface area (Å²) in [6, 6.07) is 11.3. The fraction of sp³-hybridized carbons (Fsp3) is 0.200. The number of ether oxygens (including phenoxy) is 1. The number of benzene rings is 2. The SMILES string of the molecule is COc1ccc(CN(C)c2c(Cl)cc(N)cc2Cl)cc1. The molecule has 106 valence electrons. The fourth-order valence-electron chi connectivity index (χ4n) is 2.03. The molecule has 0 amide bonds. The predicted molar refractivity (Wildman–Crippen MR) is 86.0 cm³/mol. The van der Waals surface area contributed by atoms with Crippen LogP contribution in [0.15, 0.2) is 36.4 Å². The first kappa shape index (κ1) is 14.8. The summed E-state index contributed by atoms with van der Waals surface area (Å²) < 4.78 is 5.14. The molecule has 2 aromatic rings. The van der Waals surface area contributed by atoms with Crippen molar-refractivity contribution in [3.05, 3.63) is 52.0 Å². The van der Waals surface area contributed by atoms with Gasteiger partial charge < -0.3 is 15.4 Å². The number of nitrogens with two attached hydrogens (primary N) is 1. The Kier molecular flexibility index (Phi) is 4.63. The summed E-state index contributed by atoms with van der Waals surface area (Å²) >= 11 is 12.4. The highest BCUT2D eigenvalue weighted by Crippen LogP contribution is 2.36. The standard InChI is InChI=1S/C15H16Cl2N2O/c1-19(9-10-3-5-12(20-2)6-4-10)15-13(16)7-11(18)8-14(15)17/h3-8H,9,18H2,1-2H3. The normalized spacial score (nSPS) is 10.4. The van der Waals surface area contributed by atoms with Crippen LogP contribution in [0.2, 0.25) is 10.0 Å². The minimum atomic E-state index is 0.547. The molecule has 0 saturated carbocycles. The first-order valence-electron chi connectivity index (χ1n) is 6.10. The molecule has 0 radical (unpaired) electrons. The second kappa shape index (κ2) is 6.25. The maximum atomic E-state index is 6.22. The molecule has 20 heavy (non-hydrogen) atoms. The lowest BCUT2D eigenvalue weighted by molar-refractivity contribution is 0.414. The molecule has 0 saturated heterocycles. The summed E-state index contributed by atoms with van der Waals surface area (Å²) in [6.07, 6.45) is 0. The van der Waals surface area contributed by atoms with Crippen molar-refractivity contribution in [2.45, 2.75) is 6.54 Å². The van der Waals surface area contributed by atoms with Crippen molar-refractivity contribution >= 4 is 34.6 Å². The van der Waals surface area contributed by atoms with Gasteiger partial charge in [-0.2, -0.15) is 0 Å². The molecule has 2 rings (SSSR count). The number of nitrogen functional groups attached to an aromatic ring is 1. The van der Waals surface area contributed by atoms with Crippen LogP contribution < -0.4 is 15.4 Å². The van der Waals surface area contributed by atoms with Gasteiger partial charge in [-0.25, -0.2) is 0 Å². The number of hydrogen-bond acceptors (Lipinski definition) is 3. The van der Waals surface area contributed by atoms with E-state index in [1.165, 1.54) is 0 Å². The van der Waals surface area contributed by atoms with Gasteiger partial charge in [0, 0.05) is 19.3 Å². The molecule has 0 heterocycles. The van der Waals surface area contributed by atoms with Gasteiger partial charge in [-0.05, 0) is 29.8 Å². The second-order valence-electron chi connectivity index (χ2n) is 4.54. The first-order valence-corrected chi connectivity index (χ1v) is 6.85. The van der Waals surface area contributed by atoms with Gasteiger partial charge in [0.1, 0.15) is 5.75 Å². The van der Waals surface area contributed by atoms with Gasteiger partial charge in [0.2, 0.25) is 0 Å². The van der Waals surface area contributed by atoms with Gasteiger partial charge in [-0.1, -0.05) is 35.3 Å². The summed E-state index contributed by atoms with van der Waals surface area (Å²) in [4.78, 5) is 1.99. The quantitative estimate of drug-likeness (QED) is 0.859. The zero-order chi connectivity index (χ0) is 14.7. The Bertz CT molecular complexity index is 576. The Morgan fingerprint density at radius 1 is 1.10 bits per heavy atom. The molecule has 0 bridgehead atoms. The monoisotopic (exact) mass is 310 g/mol. The second-order valence-corrected chi connectivity index (χ2v) is 5.35. The number of nitrogens with zero attached hydrogens (tertiary/aromatic N) is 1. The molecular formula is C15H16Cl2N2O. The van der Waals surface area contributed by atoms with Crippen molar-refractivity contribution in [2.75, 3.05) is 24.8 Å². The molecular weight excluding hydrogens is 295 g/mol. The van der Waals surface area contributed by atoms with Gasteiger partial charge in [0.15, 0.2) is 0 Å². The summed E-state index contributed by atoms with van der Waals surface area (Å²) in [6.45, 7) is 0.688. The van der Waals surface area contributed by atoms with Gasteiger partial charge in [0.25, 0.3) is 0 Å². The molecule has 0 aliphatic rings. The lowest BCUT2D eigenvalue weighted by Gasteiger charge is -2.22. The van der Waals surface area contributed by atoms with Gasteiger partial charge in [0.05, 0.1) is 22.8 Å². The highest BCUT2D eigenvalue weighted by atomic mass is 35.5. The Labute approximate surface area is 128 Å². The van der Waals surface area contributed by atoms with E-state index in [1.54, 1.807) is 19.2 Å². The fourth-order valence-corrected chi connectivity index (χ4v) is 2.83. The maximum Gasteiger partial charge on any atom is 0.118 e. The molecule has 2 N–H and O–H groups in total. The molecule has 0 spiro atoms. The van der Waals surface area contributed by atoms with Crippen molar-refractivity contribution in [3.8, 4) is 5.75 Å². The highest BCUT2D eigenvalue weighted by molar-refractivity contribution is 6.39. The van der Waals surface area contributed by atoms with Gasteiger partial charge in [-0.15, -0.1) is 0 Å². The minimum Gasteiger partial charge on any atom is -0.497 e. The number of hydrogen-bond donors (Lipinski definition) is 1. The van der Waals surface area contributed by atoms with Crippen LogP contribution >= 0.6 is 23.2 Å². The largest absolute Gasteiger partial charge is 0.497 e. The average molecular weight is 311 g/mol. The topological polar surface area (TPSA) is 38.5 Å². The van der Waals surface area contributed by atoms with E-state index in [1.807, 2.05) is 36.2 Å². The number of halogens is 2. The van der Waals surface area contributed by atoms with Crippen LogP contribution in [-0.4, -0.2) is 14.2 Å². The van der Waals surface area contributed by atoms with Crippen LogP contribution in [0.3, 0.4) is 0 Å². The molecule has 0 atom stereocenters. The number of rotatable bonds is 4. The average Bonchev–Trinajstić information content (AvgIpc) is 2.38. The molecule has 0 unspecified atom stereocenters. The highest BCUT2D eigenvalue weighted by Gasteiger charge is 2.12. The van der Waals surface area contributed by atoms with E-state index in [0.29, 0.717) is 22.3 Å². The van der Waals surface area contributed by atoms with Crippen molar-refractivity contribution in [1.82, 2.24) is 0 Å². The Morgan fingerprint density at radius 2 is 1.65 bits per heavy atom. The summed E-state index contributed by atoms with van der Waals surface area (Å²) in [5.41, 5.74) is 8.18. The van der Waals surface area contributed by atoms with Crippen LogP contribution in [0.25, 0.3) is 0 Å². The zero-order valence-electron chi connectivity index (χ0n) is 11.4. The van der Waals surface area contributed by atoms with Crippen molar-refractivity contribution in [2.24, 2.45) is 0 Å². The van der Waals surface area contributed by atoms with E-state index in [9.17, 15) is 0 Å². The molecule has 5 heteroatoms. The van der Waals surface area contributed by atoms with Crippen LogP contribution in [0.1, 0.15) is 5.56 Å². The summed E-state index contributed by atoms with van der Waals surface area (Å²) in [5.74, 6) is 0.833.